The van der Waals surface area contributed by atoms with Gasteiger partial charge in [0.15, 0.2) is 0 Å². The Bertz CT molecular complexity index is 685. The molecule has 0 aromatic heterocycles. The van der Waals surface area contributed by atoms with Gasteiger partial charge in [-0.2, -0.15) is 0 Å². The van der Waals surface area contributed by atoms with Crippen LogP contribution in [0.1, 0.15) is 63.0 Å². The summed E-state index contributed by atoms with van der Waals surface area (Å²) in [6.07, 6.45) is 0. The lowest BCUT2D eigenvalue weighted by molar-refractivity contribution is 0.102. The number of carbonyl (C=O) groups excluding carboxylic acids is 1. The smallest absolute Gasteiger partial charge is 0.255 e. The van der Waals surface area contributed by atoms with Crippen LogP contribution in [0.25, 0.3) is 0 Å². The first-order valence-corrected chi connectivity index (χ1v) is 8.10. The van der Waals surface area contributed by atoms with Crippen molar-refractivity contribution >= 4 is 11.6 Å². The van der Waals surface area contributed by atoms with E-state index < -0.39 is 0 Å². The van der Waals surface area contributed by atoms with Crippen LogP contribution in [0.5, 0.6) is 0 Å². The van der Waals surface area contributed by atoms with Gasteiger partial charge in [-0.25, -0.2) is 0 Å². The molecule has 2 aromatic carbocycles. The highest BCUT2D eigenvalue weighted by Gasteiger charge is 2.19. The van der Waals surface area contributed by atoms with Crippen molar-refractivity contribution in [1.82, 2.24) is 0 Å². The van der Waals surface area contributed by atoms with E-state index in [0.717, 1.165) is 11.3 Å². The van der Waals surface area contributed by atoms with Gasteiger partial charge >= 0.3 is 0 Å². The lowest BCUT2D eigenvalue weighted by atomic mass is 9.85. The normalized spacial score (nSPS) is 12.1. The van der Waals surface area contributed by atoms with E-state index in [4.69, 9.17) is 0 Å². The number of anilines is 1. The van der Waals surface area contributed by atoms with Gasteiger partial charge in [0.1, 0.15) is 0 Å². The predicted molar refractivity (Wildman–Crippen MR) is 98.2 cm³/mol. The maximum Gasteiger partial charge on any atom is 0.255 e. The van der Waals surface area contributed by atoms with Gasteiger partial charge in [-0.05, 0) is 40.2 Å². The Balaban J connectivity index is 2.24. The maximum absolute atomic E-state index is 12.5. The summed E-state index contributed by atoms with van der Waals surface area (Å²) in [6, 6.07) is 15.8. The lowest BCUT2D eigenvalue weighted by Crippen LogP contribution is -2.19. The van der Waals surface area contributed by atoms with Crippen molar-refractivity contribution < 1.29 is 4.79 Å². The number of hydrogen-bond acceptors (Lipinski definition) is 1. The zero-order valence-electron chi connectivity index (χ0n) is 15.0. The average molecular weight is 309 g/mol. The largest absolute Gasteiger partial charge is 0.322 e. The molecule has 0 unspecified atom stereocenters. The molecule has 0 saturated heterocycles. The van der Waals surface area contributed by atoms with E-state index in [1.807, 2.05) is 42.5 Å². The fourth-order valence-electron chi connectivity index (χ4n) is 2.56. The molecule has 0 fully saturated rings. The summed E-state index contributed by atoms with van der Waals surface area (Å²) in [5, 5.41) is 3.05. The predicted octanol–water partition coefficient (Wildman–Crippen LogP) is 5.53. The van der Waals surface area contributed by atoms with Gasteiger partial charge < -0.3 is 5.32 Å². The number of amides is 1. The maximum atomic E-state index is 12.5. The molecule has 2 rings (SSSR count). The highest BCUT2D eigenvalue weighted by atomic mass is 16.1. The second kappa shape index (κ2) is 6.19. The first-order valence-electron chi connectivity index (χ1n) is 8.10. The highest BCUT2D eigenvalue weighted by Crippen LogP contribution is 2.29. The van der Waals surface area contributed by atoms with Crippen LogP contribution in [0.4, 0.5) is 5.69 Å². The standard InChI is InChI=1S/C21H27NO/c1-20(2,3)16-13-11-15(12-14-16)19(23)22-18-10-8-7-9-17(18)21(4,5)6/h7-14H,1-6H3,(H,22,23). The Morgan fingerprint density at radius 1 is 0.783 bits per heavy atom. The van der Waals surface area contributed by atoms with E-state index in [1.54, 1.807) is 0 Å². The van der Waals surface area contributed by atoms with Crippen molar-refractivity contribution in [3.63, 3.8) is 0 Å². The monoisotopic (exact) mass is 309 g/mol. The third-order valence-electron chi connectivity index (χ3n) is 4.00. The topological polar surface area (TPSA) is 29.1 Å². The molecule has 0 aliphatic rings. The molecule has 1 amide bonds. The van der Waals surface area contributed by atoms with Crippen molar-refractivity contribution in [3.05, 3.63) is 65.2 Å². The van der Waals surface area contributed by atoms with Crippen molar-refractivity contribution in [3.8, 4) is 0 Å². The number of nitrogens with one attached hydrogen (secondary N) is 1. The number of para-hydroxylation sites is 1. The molecule has 0 atom stereocenters. The van der Waals surface area contributed by atoms with E-state index in [0.29, 0.717) is 5.56 Å². The summed E-state index contributed by atoms with van der Waals surface area (Å²) < 4.78 is 0. The Hall–Kier alpha value is -2.09. The minimum Gasteiger partial charge on any atom is -0.322 e. The summed E-state index contributed by atoms with van der Waals surface area (Å²) in [4.78, 5) is 12.5. The fourth-order valence-corrected chi connectivity index (χ4v) is 2.56. The van der Waals surface area contributed by atoms with Crippen molar-refractivity contribution in [2.24, 2.45) is 0 Å². The Kier molecular flexibility index (Phi) is 4.65. The van der Waals surface area contributed by atoms with Crippen LogP contribution in [0, 0.1) is 0 Å². The fraction of sp³-hybridized carbons (Fsp3) is 0.381. The number of benzene rings is 2. The van der Waals surface area contributed by atoms with Crippen LogP contribution >= 0.6 is 0 Å². The molecule has 0 heterocycles. The summed E-state index contributed by atoms with van der Waals surface area (Å²) in [5.41, 5.74) is 4.00. The molecule has 0 aliphatic heterocycles. The minimum atomic E-state index is -0.0674. The van der Waals surface area contributed by atoms with Crippen LogP contribution in [0.3, 0.4) is 0 Å². The summed E-state index contributed by atoms with van der Waals surface area (Å²) in [6.45, 7) is 13.0. The molecule has 2 nitrogen and oxygen atoms in total. The zero-order chi connectivity index (χ0) is 17.3. The van der Waals surface area contributed by atoms with Crippen molar-refractivity contribution in [2.45, 2.75) is 52.4 Å². The Labute approximate surface area is 139 Å². The van der Waals surface area contributed by atoms with E-state index in [9.17, 15) is 4.79 Å². The number of carbonyl (C=O) groups is 1. The molecule has 0 saturated carbocycles. The van der Waals surface area contributed by atoms with E-state index in [1.165, 1.54) is 5.56 Å². The molecule has 0 radical (unpaired) electrons. The molecule has 0 bridgehead atoms. The third kappa shape index (κ3) is 4.22. The van der Waals surface area contributed by atoms with Crippen LogP contribution in [0.15, 0.2) is 48.5 Å². The first-order chi connectivity index (χ1) is 10.6. The van der Waals surface area contributed by atoms with Gasteiger partial charge in [-0.3, -0.25) is 4.79 Å². The average Bonchev–Trinajstić information content (AvgIpc) is 2.46. The van der Waals surface area contributed by atoms with Crippen molar-refractivity contribution in [1.29, 1.82) is 0 Å². The summed E-state index contributed by atoms with van der Waals surface area (Å²) >= 11 is 0. The molecule has 1 N–H and O–H groups in total. The molecule has 2 heteroatoms. The summed E-state index contributed by atoms with van der Waals surface area (Å²) in [7, 11) is 0. The third-order valence-corrected chi connectivity index (χ3v) is 4.00. The van der Waals surface area contributed by atoms with Crippen LogP contribution in [-0.2, 0) is 10.8 Å². The molecule has 23 heavy (non-hydrogen) atoms. The SMILES string of the molecule is CC(C)(C)c1ccc(C(=O)Nc2ccccc2C(C)(C)C)cc1. The van der Waals surface area contributed by atoms with Crippen molar-refractivity contribution in [2.75, 3.05) is 5.32 Å². The van der Waals surface area contributed by atoms with Crippen LogP contribution in [-0.4, -0.2) is 5.91 Å². The highest BCUT2D eigenvalue weighted by molar-refractivity contribution is 6.04. The molecule has 0 spiro atoms. The molecule has 122 valence electrons. The second-order valence-corrected chi connectivity index (χ2v) is 8.08. The lowest BCUT2D eigenvalue weighted by Gasteiger charge is -2.23. The molecule has 2 aromatic rings. The number of hydrogen-bond donors (Lipinski definition) is 1. The van der Waals surface area contributed by atoms with Gasteiger partial charge in [0.05, 0.1) is 0 Å². The second-order valence-electron chi connectivity index (χ2n) is 8.08. The van der Waals surface area contributed by atoms with Gasteiger partial charge in [0.25, 0.3) is 5.91 Å². The van der Waals surface area contributed by atoms with Gasteiger partial charge in [0.2, 0.25) is 0 Å². The number of rotatable bonds is 2. The van der Waals surface area contributed by atoms with Crippen LogP contribution in [0.2, 0.25) is 0 Å². The quantitative estimate of drug-likeness (QED) is 0.776. The molecule has 0 aliphatic carbocycles. The molecular weight excluding hydrogens is 282 g/mol. The minimum absolute atomic E-state index is 0.0139. The van der Waals surface area contributed by atoms with Gasteiger partial charge in [0, 0.05) is 11.3 Å². The van der Waals surface area contributed by atoms with Gasteiger partial charge in [-0.15, -0.1) is 0 Å². The van der Waals surface area contributed by atoms with E-state index >= 15 is 0 Å². The van der Waals surface area contributed by atoms with Crippen LogP contribution < -0.4 is 5.32 Å². The van der Waals surface area contributed by atoms with E-state index in [2.05, 4.69) is 52.9 Å². The first kappa shape index (κ1) is 17.3. The Morgan fingerprint density at radius 3 is 1.87 bits per heavy atom. The van der Waals surface area contributed by atoms with E-state index in [-0.39, 0.29) is 16.7 Å². The molecular formula is C21H27NO. The van der Waals surface area contributed by atoms with Gasteiger partial charge in [-0.1, -0.05) is 71.9 Å². The Morgan fingerprint density at radius 2 is 1.35 bits per heavy atom. The zero-order valence-corrected chi connectivity index (χ0v) is 15.0. The summed E-state index contributed by atoms with van der Waals surface area (Å²) in [5.74, 6) is -0.0674.